The van der Waals surface area contributed by atoms with E-state index < -0.39 is 0 Å². The average Bonchev–Trinajstić information content (AvgIpc) is 2.27. The van der Waals surface area contributed by atoms with Gasteiger partial charge in [0.25, 0.3) is 0 Å². The molecule has 0 aromatic rings. The Hall–Kier alpha value is -0.0800. The van der Waals surface area contributed by atoms with E-state index in [0.29, 0.717) is 12.1 Å². The van der Waals surface area contributed by atoms with Crippen LogP contribution in [0.2, 0.25) is 0 Å². The van der Waals surface area contributed by atoms with Crippen LogP contribution in [0.4, 0.5) is 0 Å². The molecule has 1 aliphatic rings. The standard InChI is InChI=1S/C15H32N2/c1-12(2)8-9-13(3)17-14(4)11-15-7-5-6-10-16-15/h12-17H,5-11H2,1-4H3. The van der Waals surface area contributed by atoms with Gasteiger partial charge in [0, 0.05) is 18.1 Å². The molecule has 0 aromatic heterocycles. The molecule has 1 rings (SSSR count). The predicted molar refractivity (Wildman–Crippen MR) is 76.4 cm³/mol. The highest BCUT2D eigenvalue weighted by atomic mass is 15.0. The zero-order chi connectivity index (χ0) is 12.7. The largest absolute Gasteiger partial charge is 0.314 e. The summed E-state index contributed by atoms with van der Waals surface area (Å²) in [5, 5.41) is 7.38. The van der Waals surface area contributed by atoms with Crippen molar-refractivity contribution in [3.8, 4) is 0 Å². The Balaban J connectivity index is 2.12. The normalized spacial score (nSPS) is 24.9. The number of rotatable bonds is 7. The van der Waals surface area contributed by atoms with Crippen LogP contribution in [0.15, 0.2) is 0 Å². The Labute approximate surface area is 108 Å². The van der Waals surface area contributed by atoms with Gasteiger partial charge in [-0.25, -0.2) is 0 Å². The molecule has 0 bridgehead atoms. The maximum Gasteiger partial charge on any atom is 0.00817 e. The summed E-state index contributed by atoms with van der Waals surface area (Å²) in [5.41, 5.74) is 0. The van der Waals surface area contributed by atoms with Crippen LogP contribution in [0.5, 0.6) is 0 Å². The topological polar surface area (TPSA) is 24.1 Å². The fourth-order valence-electron chi connectivity index (χ4n) is 2.77. The Bertz CT molecular complexity index is 185. The van der Waals surface area contributed by atoms with Gasteiger partial charge in [0.1, 0.15) is 0 Å². The molecule has 0 radical (unpaired) electrons. The Kier molecular flexibility index (Phi) is 7.14. The molecule has 0 aliphatic carbocycles. The minimum Gasteiger partial charge on any atom is -0.314 e. The maximum atomic E-state index is 3.74. The second kappa shape index (κ2) is 8.10. The zero-order valence-corrected chi connectivity index (χ0v) is 12.3. The lowest BCUT2D eigenvalue weighted by Crippen LogP contribution is -2.42. The first-order valence-electron chi connectivity index (χ1n) is 7.57. The first-order chi connectivity index (χ1) is 8.08. The fourth-order valence-corrected chi connectivity index (χ4v) is 2.77. The maximum absolute atomic E-state index is 3.74. The van der Waals surface area contributed by atoms with E-state index in [4.69, 9.17) is 0 Å². The third kappa shape index (κ3) is 7.05. The lowest BCUT2D eigenvalue weighted by atomic mass is 9.97. The number of hydrogen-bond acceptors (Lipinski definition) is 2. The van der Waals surface area contributed by atoms with Crippen LogP contribution in [0.3, 0.4) is 0 Å². The monoisotopic (exact) mass is 240 g/mol. The van der Waals surface area contributed by atoms with Gasteiger partial charge in [0.15, 0.2) is 0 Å². The van der Waals surface area contributed by atoms with E-state index in [1.807, 2.05) is 0 Å². The highest BCUT2D eigenvalue weighted by Crippen LogP contribution is 2.13. The molecule has 1 aliphatic heterocycles. The molecule has 1 fully saturated rings. The van der Waals surface area contributed by atoms with Crippen molar-refractivity contribution in [1.82, 2.24) is 10.6 Å². The minimum atomic E-state index is 0.646. The molecule has 2 N–H and O–H groups in total. The third-order valence-corrected chi connectivity index (χ3v) is 3.80. The predicted octanol–water partition coefficient (Wildman–Crippen LogP) is 3.32. The summed E-state index contributed by atoms with van der Waals surface area (Å²) in [5.74, 6) is 0.828. The number of piperidine rings is 1. The summed E-state index contributed by atoms with van der Waals surface area (Å²) < 4.78 is 0. The zero-order valence-electron chi connectivity index (χ0n) is 12.3. The lowest BCUT2D eigenvalue weighted by Gasteiger charge is -2.28. The Morgan fingerprint density at radius 1 is 1.06 bits per heavy atom. The van der Waals surface area contributed by atoms with E-state index >= 15 is 0 Å². The SMILES string of the molecule is CC(C)CCC(C)NC(C)CC1CCCCN1. The average molecular weight is 240 g/mol. The highest BCUT2D eigenvalue weighted by Gasteiger charge is 2.16. The third-order valence-electron chi connectivity index (χ3n) is 3.80. The van der Waals surface area contributed by atoms with Gasteiger partial charge in [-0.3, -0.25) is 0 Å². The molecular weight excluding hydrogens is 208 g/mol. The van der Waals surface area contributed by atoms with Crippen LogP contribution < -0.4 is 10.6 Å². The van der Waals surface area contributed by atoms with Gasteiger partial charge in [-0.05, 0) is 58.4 Å². The smallest absolute Gasteiger partial charge is 0.00817 e. The van der Waals surface area contributed by atoms with Crippen LogP contribution in [0, 0.1) is 5.92 Å². The van der Waals surface area contributed by atoms with Gasteiger partial charge in [-0.2, -0.15) is 0 Å². The molecule has 3 atom stereocenters. The van der Waals surface area contributed by atoms with E-state index in [0.717, 1.165) is 12.0 Å². The molecule has 1 heterocycles. The van der Waals surface area contributed by atoms with Crippen LogP contribution in [-0.2, 0) is 0 Å². The molecular formula is C15H32N2. The van der Waals surface area contributed by atoms with Crippen molar-refractivity contribution in [2.45, 2.75) is 84.3 Å². The van der Waals surface area contributed by atoms with Crippen molar-refractivity contribution < 1.29 is 0 Å². The fraction of sp³-hybridized carbons (Fsp3) is 1.00. The summed E-state index contributed by atoms with van der Waals surface area (Å²) in [6.45, 7) is 10.5. The molecule has 3 unspecified atom stereocenters. The summed E-state index contributed by atoms with van der Waals surface area (Å²) in [4.78, 5) is 0. The van der Waals surface area contributed by atoms with Crippen molar-refractivity contribution in [3.63, 3.8) is 0 Å². The minimum absolute atomic E-state index is 0.646. The van der Waals surface area contributed by atoms with Crippen molar-refractivity contribution in [3.05, 3.63) is 0 Å². The second-order valence-corrected chi connectivity index (χ2v) is 6.32. The summed E-state index contributed by atoms with van der Waals surface area (Å²) in [6.07, 6.45) is 8.07. The highest BCUT2D eigenvalue weighted by molar-refractivity contribution is 4.78. The second-order valence-electron chi connectivity index (χ2n) is 6.32. The van der Waals surface area contributed by atoms with E-state index in [1.54, 1.807) is 0 Å². The van der Waals surface area contributed by atoms with E-state index in [-0.39, 0.29) is 0 Å². The molecule has 102 valence electrons. The van der Waals surface area contributed by atoms with Crippen LogP contribution >= 0.6 is 0 Å². The lowest BCUT2D eigenvalue weighted by molar-refractivity contribution is 0.324. The Morgan fingerprint density at radius 3 is 2.41 bits per heavy atom. The van der Waals surface area contributed by atoms with E-state index in [2.05, 4.69) is 38.3 Å². The van der Waals surface area contributed by atoms with Gasteiger partial charge in [-0.1, -0.05) is 20.3 Å². The number of hydrogen-bond donors (Lipinski definition) is 2. The number of nitrogens with one attached hydrogen (secondary N) is 2. The van der Waals surface area contributed by atoms with Gasteiger partial charge in [0.05, 0.1) is 0 Å². The molecule has 2 nitrogen and oxygen atoms in total. The Morgan fingerprint density at radius 2 is 1.82 bits per heavy atom. The summed E-state index contributed by atoms with van der Waals surface area (Å²) >= 11 is 0. The summed E-state index contributed by atoms with van der Waals surface area (Å²) in [6, 6.07) is 2.06. The molecule has 17 heavy (non-hydrogen) atoms. The molecule has 1 saturated heterocycles. The van der Waals surface area contributed by atoms with Gasteiger partial charge in [-0.15, -0.1) is 0 Å². The van der Waals surface area contributed by atoms with Crippen molar-refractivity contribution in [2.75, 3.05) is 6.54 Å². The first kappa shape index (κ1) is 15.0. The van der Waals surface area contributed by atoms with Crippen molar-refractivity contribution in [2.24, 2.45) is 5.92 Å². The van der Waals surface area contributed by atoms with E-state index in [9.17, 15) is 0 Å². The van der Waals surface area contributed by atoms with E-state index in [1.165, 1.54) is 45.1 Å². The molecule has 0 aromatic carbocycles. The van der Waals surface area contributed by atoms with Gasteiger partial charge >= 0.3 is 0 Å². The van der Waals surface area contributed by atoms with Crippen LogP contribution in [0.1, 0.15) is 66.2 Å². The van der Waals surface area contributed by atoms with Crippen LogP contribution in [0.25, 0.3) is 0 Å². The van der Waals surface area contributed by atoms with Crippen molar-refractivity contribution >= 4 is 0 Å². The van der Waals surface area contributed by atoms with Gasteiger partial charge < -0.3 is 10.6 Å². The summed E-state index contributed by atoms with van der Waals surface area (Å²) in [7, 11) is 0. The van der Waals surface area contributed by atoms with Crippen molar-refractivity contribution in [1.29, 1.82) is 0 Å². The van der Waals surface area contributed by atoms with Gasteiger partial charge in [0.2, 0.25) is 0 Å². The quantitative estimate of drug-likeness (QED) is 0.713. The molecule has 2 heteroatoms. The van der Waals surface area contributed by atoms with Crippen LogP contribution in [-0.4, -0.2) is 24.7 Å². The first-order valence-corrected chi connectivity index (χ1v) is 7.57. The molecule has 0 amide bonds. The molecule has 0 spiro atoms. The molecule has 0 saturated carbocycles.